The van der Waals surface area contributed by atoms with Gasteiger partial charge in [0.2, 0.25) is 5.91 Å². The van der Waals surface area contributed by atoms with Crippen molar-refractivity contribution in [2.24, 2.45) is 0 Å². The third-order valence-electron chi connectivity index (χ3n) is 2.26. The monoisotopic (exact) mass is 235 g/mol. The predicted molar refractivity (Wildman–Crippen MR) is 63.3 cm³/mol. The molecule has 0 spiro atoms. The molecule has 0 aliphatic rings. The van der Waals surface area contributed by atoms with Crippen LogP contribution in [0.4, 0.5) is 0 Å². The summed E-state index contributed by atoms with van der Waals surface area (Å²) in [5, 5.41) is 4.87. The maximum atomic E-state index is 11.7. The Labute approximate surface area is 98.1 Å². The van der Waals surface area contributed by atoms with Crippen molar-refractivity contribution in [1.29, 1.82) is 0 Å². The van der Waals surface area contributed by atoms with Crippen LogP contribution in [0.3, 0.4) is 0 Å². The quantitative estimate of drug-likeness (QED) is 0.885. The third kappa shape index (κ3) is 2.73. The first-order valence-electron chi connectivity index (χ1n) is 5.11. The molecule has 3 nitrogen and oxygen atoms in total. The predicted octanol–water partition coefficient (Wildman–Crippen LogP) is 2.76. The Morgan fingerprint density at radius 1 is 1.50 bits per heavy atom. The van der Waals surface area contributed by atoms with E-state index < -0.39 is 0 Å². The molecule has 0 aromatic carbocycles. The van der Waals surface area contributed by atoms with E-state index in [1.54, 1.807) is 17.6 Å². The van der Waals surface area contributed by atoms with Crippen molar-refractivity contribution >= 4 is 17.2 Å². The van der Waals surface area contributed by atoms with Gasteiger partial charge in [0.1, 0.15) is 5.76 Å². The molecule has 1 amide bonds. The second-order valence-electron chi connectivity index (χ2n) is 3.56. The molecule has 16 heavy (non-hydrogen) atoms. The number of carbonyl (C=O) groups excluding carboxylic acids is 1. The molecule has 2 aromatic heterocycles. The molecule has 1 unspecified atom stereocenters. The zero-order valence-corrected chi connectivity index (χ0v) is 9.79. The summed E-state index contributed by atoms with van der Waals surface area (Å²) in [6.07, 6.45) is 2.04. The minimum atomic E-state index is -0.0811. The molecule has 0 aliphatic heterocycles. The van der Waals surface area contributed by atoms with Crippen molar-refractivity contribution in [3.05, 3.63) is 46.5 Å². The van der Waals surface area contributed by atoms with Gasteiger partial charge in [0.05, 0.1) is 18.7 Å². The maximum absolute atomic E-state index is 11.7. The van der Waals surface area contributed by atoms with E-state index in [1.807, 2.05) is 36.6 Å². The molecular formula is C12H13NO2S. The van der Waals surface area contributed by atoms with Crippen molar-refractivity contribution in [1.82, 2.24) is 5.32 Å². The smallest absolute Gasteiger partial charge is 0.225 e. The van der Waals surface area contributed by atoms with E-state index in [2.05, 4.69) is 5.32 Å². The summed E-state index contributed by atoms with van der Waals surface area (Å²) >= 11 is 1.59. The van der Waals surface area contributed by atoms with E-state index in [-0.39, 0.29) is 11.9 Å². The zero-order chi connectivity index (χ0) is 11.4. The number of amides is 1. The van der Waals surface area contributed by atoms with Crippen LogP contribution in [0.25, 0.3) is 0 Å². The molecule has 0 fully saturated rings. The molecule has 1 N–H and O–H groups in total. The van der Waals surface area contributed by atoms with E-state index in [1.165, 1.54) is 0 Å². The standard InChI is InChI=1S/C12H13NO2S/c1-9(11-5-2-6-15-11)13-12(14)8-10-4-3-7-16-10/h2-7,9H,8H2,1H3,(H,13,14). The Hall–Kier alpha value is -1.55. The van der Waals surface area contributed by atoms with Gasteiger partial charge in [0, 0.05) is 4.88 Å². The van der Waals surface area contributed by atoms with Crippen LogP contribution in [0.1, 0.15) is 23.6 Å². The highest BCUT2D eigenvalue weighted by atomic mass is 32.1. The maximum Gasteiger partial charge on any atom is 0.225 e. The van der Waals surface area contributed by atoms with Gasteiger partial charge in [-0.3, -0.25) is 4.79 Å². The first kappa shape index (κ1) is 11.0. The largest absolute Gasteiger partial charge is 0.467 e. The number of hydrogen-bond acceptors (Lipinski definition) is 3. The Morgan fingerprint density at radius 3 is 3.00 bits per heavy atom. The molecule has 0 saturated heterocycles. The molecule has 0 saturated carbocycles. The van der Waals surface area contributed by atoms with Crippen LogP contribution < -0.4 is 5.32 Å². The van der Waals surface area contributed by atoms with Gasteiger partial charge < -0.3 is 9.73 Å². The minimum Gasteiger partial charge on any atom is -0.467 e. The van der Waals surface area contributed by atoms with Gasteiger partial charge in [-0.1, -0.05) is 6.07 Å². The number of nitrogens with one attached hydrogen (secondary N) is 1. The van der Waals surface area contributed by atoms with Gasteiger partial charge in [0.25, 0.3) is 0 Å². The van der Waals surface area contributed by atoms with Gasteiger partial charge >= 0.3 is 0 Å². The molecule has 2 heterocycles. The summed E-state index contributed by atoms with van der Waals surface area (Å²) in [6.45, 7) is 1.91. The summed E-state index contributed by atoms with van der Waals surface area (Å²) in [4.78, 5) is 12.7. The van der Waals surface area contributed by atoms with Crippen LogP contribution in [0.2, 0.25) is 0 Å². The lowest BCUT2D eigenvalue weighted by molar-refractivity contribution is -0.121. The molecule has 4 heteroatoms. The van der Waals surface area contributed by atoms with E-state index in [4.69, 9.17) is 4.42 Å². The van der Waals surface area contributed by atoms with Crippen molar-refractivity contribution in [3.63, 3.8) is 0 Å². The average Bonchev–Trinajstić information content (AvgIpc) is 2.88. The highest BCUT2D eigenvalue weighted by molar-refractivity contribution is 7.10. The van der Waals surface area contributed by atoms with Crippen LogP contribution in [0, 0.1) is 0 Å². The molecule has 1 atom stereocenters. The number of carbonyl (C=O) groups is 1. The van der Waals surface area contributed by atoms with E-state index in [9.17, 15) is 4.79 Å². The summed E-state index contributed by atoms with van der Waals surface area (Å²) in [6, 6.07) is 7.50. The number of furan rings is 1. The number of rotatable bonds is 4. The van der Waals surface area contributed by atoms with Crippen LogP contribution in [0.15, 0.2) is 40.3 Å². The molecule has 2 rings (SSSR count). The Bertz CT molecular complexity index is 434. The fraction of sp³-hybridized carbons (Fsp3) is 0.250. The van der Waals surface area contributed by atoms with Gasteiger partial charge in [-0.25, -0.2) is 0 Å². The highest BCUT2D eigenvalue weighted by Gasteiger charge is 2.12. The summed E-state index contributed by atoms with van der Waals surface area (Å²) in [5.41, 5.74) is 0. The van der Waals surface area contributed by atoms with Gasteiger partial charge in [0.15, 0.2) is 0 Å². The van der Waals surface area contributed by atoms with Crippen molar-refractivity contribution in [3.8, 4) is 0 Å². The normalized spacial score (nSPS) is 12.3. The Kier molecular flexibility index (Phi) is 3.41. The van der Waals surface area contributed by atoms with Crippen LogP contribution in [-0.2, 0) is 11.2 Å². The van der Waals surface area contributed by atoms with Crippen LogP contribution in [-0.4, -0.2) is 5.91 Å². The second kappa shape index (κ2) is 4.99. The Morgan fingerprint density at radius 2 is 2.38 bits per heavy atom. The molecule has 0 radical (unpaired) electrons. The lowest BCUT2D eigenvalue weighted by Crippen LogP contribution is -2.27. The van der Waals surface area contributed by atoms with Crippen molar-refractivity contribution in [2.75, 3.05) is 0 Å². The van der Waals surface area contributed by atoms with Gasteiger partial charge in [-0.15, -0.1) is 11.3 Å². The van der Waals surface area contributed by atoms with Gasteiger partial charge in [-0.2, -0.15) is 0 Å². The SMILES string of the molecule is CC(NC(=O)Cc1cccs1)c1ccco1. The number of hydrogen-bond donors (Lipinski definition) is 1. The molecule has 0 aliphatic carbocycles. The third-order valence-corrected chi connectivity index (χ3v) is 3.14. The number of thiophene rings is 1. The molecule has 0 bridgehead atoms. The van der Waals surface area contributed by atoms with E-state index >= 15 is 0 Å². The van der Waals surface area contributed by atoms with E-state index in [0.717, 1.165) is 10.6 Å². The van der Waals surface area contributed by atoms with E-state index in [0.29, 0.717) is 6.42 Å². The van der Waals surface area contributed by atoms with Gasteiger partial charge in [-0.05, 0) is 30.5 Å². The lowest BCUT2D eigenvalue weighted by atomic mass is 10.2. The van der Waals surface area contributed by atoms with Crippen molar-refractivity contribution < 1.29 is 9.21 Å². The molecule has 84 valence electrons. The first-order chi connectivity index (χ1) is 7.75. The molecule has 2 aromatic rings. The summed E-state index contributed by atoms with van der Waals surface area (Å²) in [7, 11) is 0. The zero-order valence-electron chi connectivity index (χ0n) is 8.97. The highest BCUT2D eigenvalue weighted by Crippen LogP contribution is 2.13. The Balaban J connectivity index is 1.88. The van der Waals surface area contributed by atoms with Crippen LogP contribution in [0.5, 0.6) is 0 Å². The minimum absolute atomic E-state index is 0.0198. The average molecular weight is 235 g/mol. The van der Waals surface area contributed by atoms with Crippen LogP contribution >= 0.6 is 11.3 Å². The fourth-order valence-electron chi connectivity index (χ4n) is 1.47. The lowest BCUT2D eigenvalue weighted by Gasteiger charge is -2.10. The first-order valence-corrected chi connectivity index (χ1v) is 5.99. The summed E-state index contributed by atoms with van der Waals surface area (Å²) < 4.78 is 5.22. The van der Waals surface area contributed by atoms with Crippen molar-refractivity contribution in [2.45, 2.75) is 19.4 Å². The molecular weight excluding hydrogens is 222 g/mol. The topological polar surface area (TPSA) is 42.2 Å². The summed E-state index contributed by atoms with van der Waals surface area (Å²) in [5.74, 6) is 0.797. The fourth-order valence-corrected chi connectivity index (χ4v) is 2.18. The second-order valence-corrected chi connectivity index (χ2v) is 4.59.